The van der Waals surface area contributed by atoms with E-state index in [2.05, 4.69) is 0 Å². The number of rotatable bonds is 7. The predicted molar refractivity (Wildman–Crippen MR) is 98.0 cm³/mol. The van der Waals surface area contributed by atoms with Gasteiger partial charge in [-0.05, 0) is 30.4 Å². The van der Waals surface area contributed by atoms with E-state index in [1.54, 1.807) is 0 Å². The first-order valence-electron chi connectivity index (χ1n) is 9.03. The SMILES string of the molecule is O=C(OCc1ccccc1)[C@@H](Cc1ccccc1)[C@@H]1CCC[C@H]1[N+](=O)[O-]. The molecule has 1 saturated carbocycles. The lowest BCUT2D eigenvalue weighted by atomic mass is 9.83. The Hall–Kier alpha value is -2.69. The van der Waals surface area contributed by atoms with Crippen molar-refractivity contribution < 1.29 is 14.5 Å². The lowest BCUT2D eigenvalue weighted by Crippen LogP contribution is -2.36. The molecule has 2 aromatic rings. The van der Waals surface area contributed by atoms with Gasteiger partial charge in [-0.15, -0.1) is 0 Å². The molecular weight excluding hydrogens is 330 g/mol. The Bertz CT molecular complexity index is 732. The summed E-state index contributed by atoms with van der Waals surface area (Å²) < 4.78 is 5.54. The second kappa shape index (κ2) is 8.61. The molecule has 0 bridgehead atoms. The Kier molecular flexibility index (Phi) is 6.00. The third kappa shape index (κ3) is 4.48. The maximum absolute atomic E-state index is 12.8. The van der Waals surface area contributed by atoms with Crippen molar-refractivity contribution in [3.63, 3.8) is 0 Å². The van der Waals surface area contributed by atoms with Crippen LogP contribution in [0.25, 0.3) is 0 Å². The Labute approximate surface area is 153 Å². The van der Waals surface area contributed by atoms with E-state index in [9.17, 15) is 14.9 Å². The van der Waals surface area contributed by atoms with E-state index in [-0.39, 0.29) is 23.4 Å². The van der Waals surface area contributed by atoms with Gasteiger partial charge in [0.2, 0.25) is 6.04 Å². The van der Waals surface area contributed by atoms with Crippen LogP contribution in [-0.4, -0.2) is 16.9 Å². The molecule has 0 saturated heterocycles. The van der Waals surface area contributed by atoms with Crippen LogP contribution in [0.4, 0.5) is 0 Å². The summed E-state index contributed by atoms with van der Waals surface area (Å²) in [5.41, 5.74) is 1.92. The summed E-state index contributed by atoms with van der Waals surface area (Å²) in [6.45, 7) is 0.195. The van der Waals surface area contributed by atoms with Gasteiger partial charge >= 0.3 is 5.97 Å². The third-order valence-electron chi connectivity index (χ3n) is 5.14. The highest BCUT2D eigenvalue weighted by Gasteiger charge is 2.44. The molecule has 3 rings (SSSR count). The Morgan fingerprint density at radius 2 is 1.65 bits per heavy atom. The molecule has 3 atom stereocenters. The number of carbonyl (C=O) groups excluding carboxylic acids is 1. The van der Waals surface area contributed by atoms with E-state index in [1.807, 2.05) is 60.7 Å². The fourth-order valence-electron chi connectivity index (χ4n) is 3.81. The maximum Gasteiger partial charge on any atom is 0.310 e. The zero-order valence-corrected chi connectivity index (χ0v) is 14.6. The van der Waals surface area contributed by atoms with Gasteiger partial charge in [-0.25, -0.2) is 0 Å². The smallest absolute Gasteiger partial charge is 0.310 e. The average Bonchev–Trinajstić information content (AvgIpc) is 3.16. The van der Waals surface area contributed by atoms with Crippen LogP contribution in [0.3, 0.4) is 0 Å². The summed E-state index contributed by atoms with van der Waals surface area (Å²) in [7, 11) is 0. The summed E-state index contributed by atoms with van der Waals surface area (Å²) in [5.74, 6) is -1.09. The van der Waals surface area contributed by atoms with E-state index in [0.717, 1.165) is 17.5 Å². The molecule has 0 aromatic heterocycles. The first kappa shape index (κ1) is 18.1. The van der Waals surface area contributed by atoms with Crippen LogP contribution in [0.2, 0.25) is 0 Å². The first-order chi connectivity index (χ1) is 12.6. The molecule has 0 amide bonds. The van der Waals surface area contributed by atoms with Crippen LogP contribution in [0.1, 0.15) is 30.4 Å². The molecule has 5 nitrogen and oxygen atoms in total. The fraction of sp³-hybridized carbons (Fsp3) is 0.381. The molecule has 0 unspecified atom stereocenters. The summed E-state index contributed by atoms with van der Waals surface area (Å²) in [6.07, 6.45) is 2.50. The second-order valence-electron chi connectivity index (χ2n) is 6.84. The minimum absolute atomic E-state index is 0.195. The van der Waals surface area contributed by atoms with Gasteiger partial charge in [-0.2, -0.15) is 0 Å². The van der Waals surface area contributed by atoms with Gasteiger partial charge in [0.15, 0.2) is 0 Å². The van der Waals surface area contributed by atoms with Crippen molar-refractivity contribution in [1.29, 1.82) is 0 Å². The monoisotopic (exact) mass is 353 g/mol. The molecule has 5 heteroatoms. The van der Waals surface area contributed by atoms with Crippen molar-refractivity contribution in [2.24, 2.45) is 11.8 Å². The molecular formula is C21H23NO4. The molecule has 136 valence electrons. The highest BCUT2D eigenvalue weighted by atomic mass is 16.6. The van der Waals surface area contributed by atoms with Gasteiger partial charge in [-0.3, -0.25) is 14.9 Å². The molecule has 0 aliphatic heterocycles. The standard InChI is InChI=1S/C21H23NO4/c23-21(26-15-17-10-5-2-6-11-17)19(14-16-8-3-1-4-9-16)18-12-7-13-20(18)22(24)25/h1-6,8-11,18-20H,7,12-15H2/t18-,19-,20+/m0/s1. The Morgan fingerprint density at radius 3 is 2.27 bits per heavy atom. The number of ether oxygens (including phenoxy) is 1. The van der Waals surface area contributed by atoms with Crippen LogP contribution in [0, 0.1) is 22.0 Å². The first-order valence-corrected chi connectivity index (χ1v) is 9.03. The van der Waals surface area contributed by atoms with Gasteiger partial charge in [-0.1, -0.05) is 60.7 Å². The zero-order chi connectivity index (χ0) is 18.4. The van der Waals surface area contributed by atoms with Crippen LogP contribution < -0.4 is 0 Å². The van der Waals surface area contributed by atoms with E-state index < -0.39 is 12.0 Å². The Balaban J connectivity index is 1.75. The molecule has 1 aliphatic carbocycles. The predicted octanol–water partition coefficient (Wildman–Crippen LogP) is 4.03. The lowest BCUT2D eigenvalue weighted by Gasteiger charge is -2.23. The van der Waals surface area contributed by atoms with E-state index in [4.69, 9.17) is 4.74 Å². The van der Waals surface area contributed by atoms with Crippen molar-refractivity contribution in [3.05, 3.63) is 81.9 Å². The van der Waals surface area contributed by atoms with Crippen molar-refractivity contribution in [2.45, 2.75) is 38.3 Å². The number of hydrogen-bond acceptors (Lipinski definition) is 4. The largest absolute Gasteiger partial charge is 0.461 e. The fourth-order valence-corrected chi connectivity index (χ4v) is 3.81. The molecule has 0 spiro atoms. The van der Waals surface area contributed by atoms with Crippen molar-refractivity contribution in [2.75, 3.05) is 0 Å². The number of carbonyl (C=O) groups is 1. The number of hydrogen-bond donors (Lipinski definition) is 0. The van der Waals surface area contributed by atoms with Crippen LogP contribution >= 0.6 is 0 Å². The summed E-state index contributed by atoms with van der Waals surface area (Å²) in [6, 6.07) is 18.5. The number of esters is 1. The minimum atomic E-state index is -0.659. The van der Waals surface area contributed by atoms with Crippen molar-refractivity contribution in [1.82, 2.24) is 0 Å². The molecule has 0 heterocycles. The van der Waals surface area contributed by atoms with Gasteiger partial charge in [0, 0.05) is 17.3 Å². The van der Waals surface area contributed by atoms with Crippen molar-refractivity contribution >= 4 is 5.97 Å². The summed E-state index contributed by atoms with van der Waals surface area (Å²) in [5, 5.41) is 11.4. The summed E-state index contributed by atoms with van der Waals surface area (Å²) in [4.78, 5) is 24.0. The maximum atomic E-state index is 12.8. The lowest BCUT2D eigenvalue weighted by molar-refractivity contribution is -0.530. The van der Waals surface area contributed by atoms with E-state index in [0.29, 0.717) is 19.3 Å². The topological polar surface area (TPSA) is 69.4 Å². The van der Waals surface area contributed by atoms with Crippen LogP contribution in [0.5, 0.6) is 0 Å². The molecule has 1 aliphatic rings. The minimum Gasteiger partial charge on any atom is -0.461 e. The average molecular weight is 353 g/mol. The zero-order valence-electron chi connectivity index (χ0n) is 14.6. The molecule has 2 aromatic carbocycles. The quantitative estimate of drug-likeness (QED) is 0.428. The second-order valence-corrected chi connectivity index (χ2v) is 6.84. The normalized spacial score (nSPS) is 20.5. The van der Waals surface area contributed by atoms with Gasteiger partial charge in [0.25, 0.3) is 0 Å². The van der Waals surface area contributed by atoms with Gasteiger partial charge < -0.3 is 4.74 Å². The highest BCUT2D eigenvalue weighted by molar-refractivity contribution is 5.73. The van der Waals surface area contributed by atoms with Gasteiger partial charge in [0.1, 0.15) is 6.61 Å². The molecule has 0 radical (unpaired) electrons. The molecule has 1 fully saturated rings. The number of nitro groups is 1. The highest BCUT2D eigenvalue weighted by Crippen LogP contribution is 2.36. The van der Waals surface area contributed by atoms with E-state index in [1.165, 1.54) is 0 Å². The van der Waals surface area contributed by atoms with Crippen LogP contribution in [-0.2, 0) is 22.6 Å². The molecule has 26 heavy (non-hydrogen) atoms. The van der Waals surface area contributed by atoms with E-state index >= 15 is 0 Å². The number of nitrogens with zero attached hydrogens (tertiary/aromatic N) is 1. The number of benzene rings is 2. The molecule has 0 N–H and O–H groups in total. The third-order valence-corrected chi connectivity index (χ3v) is 5.14. The van der Waals surface area contributed by atoms with Crippen LogP contribution in [0.15, 0.2) is 60.7 Å². The van der Waals surface area contributed by atoms with Gasteiger partial charge in [0.05, 0.1) is 5.92 Å². The summed E-state index contributed by atoms with van der Waals surface area (Å²) >= 11 is 0. The van der Waals surface area contributed by atoms with Crippen molar-refractivity contribution in [3.8, 4) is 0 Å². The Morgan fingerprint density at radius 1 is 1.04 bits per heavy atom.